The molecule has 6 atom stereocenters. The molecule has 232 valence electrons. The fraction of sp³-hybridized carbons (Fsp3) is 0.393. The van der Waals surface area contributed by atoms with E-state index in [-0.39, 0.29) is 5.75 Å². The van der Waals surface area contributed by atoms with Crippen molar-refractivity contribution in [1.29, 1.82) is 0 Å². The molecule has 1 aliphatic heterocycles. The van der Waals surface area contributed by atoms with Gasteiger partial charge in [0.15, 0.2) is 11.9 Å². The SMILES string of the molecule is CC(C)OC(=O)[C@H](C)NP(=O)(OC[C@H]1O[C@@H](n2ccc(=O)[nH]c2=O)[C@](C)(F)[C@@H]1O)Oc1ccc(-c2cccc(F)c2)cc1. The Hall–Kier alpha value is -3.68. The molecule has 0 aliphatic carbocycles. The van der Waals surface area contributed by atoms with Gasteiger partial charge >= 0.3 is 19.4 Å². The minimum Gasteiger partial charge on any atom is -0.462 e. The number of hydrogen-bond donors (Lipinski definition) is 3. The zero-order valence-electron chi connectivity index (χ0n) is 23.7. The molecule has 3 N–H and O–H groups in total. The third kappa shape index (κ3) is 7.64. The lowest BCUT2D eigenvalue weighted by molar-refractivity contribution is -0.149. The summed E-state index contributed by atoms with van der Waals surface area (Å²) in [6.07, 6.45) is -4.43. The van der Waals surface area contributed by atoms with Gasteiger partial charge in [-0.3, -0.25) is 23.7 Å². The van der Waals surface area contributed by atoms with Crippen molar-refractivity contribution in [2.45, 2.75) is 63.9 Å². The van der Waals surface area contributed by atoms with E-state index < -0.39 is 73.6 Å². The maximum Gasteiger partial charge on any atom is 0.459 e. The Morgan fingerprint density at radius 2 is 1.86 bits per heavy atom. The highest BCUT2D eigenvalue weighted by atomic mass is 31.2. The lowest BCUT2D eigenvalue weighted by atomic mass is 9.98. The number of H-pyrrole nitrogens is 1. The average molecular weight is 624 g/mol. The van der Waals surface area contributed by atoms with Crippen molar-refractivity contribution in [3.8, 4) is 16.9 Å². The Morgan fingerprint density at radius 3 is 2.49 bits per heavy atom. The highest BCUT2D eigenvalue weighted by molar-refractivity contribution is 7.52. The first-order chi connectivity index (χ1) is 20.2. The normalized spacial score (nSPS) is 24.0. The number of carbonyl (C=O) groups excluding carboxylic acids is 1. The molecule has 1 unspecified atom stereocenters. The zero-order chi connectivity index (χ0) is 31.5. The van der Waals surface area contributed by atoms with Gasteiger partial charge in [-0.1, -0.05) is 24.3 Å². The summed E-state index contributed by atoms with van der Waals surface area (Å²) < 4.78 is 65.9. The van der Waals surface area contributed by atoms with Crippen molar-refractivity contribution in [3.05, 3.63) is 87.4 Å². The number of aromatic amines is 1. The molecule has 4 rings (SSSR count). The Balaban J connectivity index is 1.55. The van der Waals surface area contributed by atoms with E-state index in [1.165, 1.54) is 31.2 Å². The number of aliphatic hydroxyl groups excluding tert-OH is 1. The number of nitrogens with zero attached hydrogens (tertiary/aromatic N) is 1. The number of ether oxygens (including phenoxy) is 2. The van der Waals surface area contributed by atoms with Gasteiger partial charge in [-0.25, -0.2) is 18.1 Å². The molecule has 3 aromatic rings. The molecule has 0 spiro atoms. The van der Waals surface area contributed by atoms with Gasteiger partial charge in [-0.15, -0.1) is 0 Å². The highest BCUT2D eigenvalue weighted by Gasteiger charge is 2.56. The molecule has 1 aliphatic rings. The van der Waals surface area contributed by atoms with E-state index in [0.717, 1.165) is 23.8 Å². The highest BCUT2D eigenvalue weighted by Crippen LogP contribution is 2.47. The third-order valence-electron chi connectivity index (χ3n) is 6.52. The van der Waals surface area contributed by atoms with Crippen LogP contribution in [0.5, 0.6) is 5.75 Å². The molecule has 43 heavy (non-hydrogen) atoms. The molecule has 2 heterocycles. The van der Waals surface area contributed by atoms with Crippen LogP contribution in [0.1, 0.15) is 33.9 Å². The summed E-state index contributed by atoms with van der Waals surface area (Å²) >= 11 is 0. The fourth-order valence-corrected chi connectivity index (χ4v) is 5.87. The molecule has 1 fully saturated rings. The van der Waals surface area contributed by atoms with Gasteiger partial charge in [0.05, 0.1) is 12.7 Å². The summed E-state index contributed by atoms with van der Waals surface area (Å²) in [6, 6.07) is 11.8. The fourth-order valence-electron chi connectivity index (χ4n) is 4.36. The van der Waals surface area contributed by atoms with Gasteiger partial charge in [-0.2, -0.15) is 5.09 Å². The zero-order valence-corrected chi connectivity index (χ0v) is 24.6. The van der Waals surface area contributed by atoms with Crippen LogP contribution in [-0.4, -0.2) is 57.3 Å². The molecule has 0 radical (unpaired) electrons. The van der Waals surface area contributed by atoms with Crippen LogP contribution in [0.4, 0.5) is 8.78 Å². The third-order valence-corrected chi connectivity index (χ3v) is 8.17. The summed E-state index contributed by atoms with van der Waals surface area (Å²) in [5.74, 6) is -1.13. The van der Waals surface area contributed by atoms with E-state index >= 15 is 4.39 Å². The Morgan fingerprint density at radius 1 is 1.16 bits per heavy atom. The Kier molecular flexibility index (Phi) is 9.67. The number of hydrogen-bond acceptors (Lipinski definition) is 9. The van der Waals surface area contributed by atoms with Gasteiger partial charge in [0.25, 0.3) is 5.56 Å². The van der Waals surface area contributed by atoms with Gasteiger partial charge in [0.1, 0.15) is 29.8 Å². The average Bonchev–Trinajstić information content (AvgIpc) is 3.15. The number of nitrogens with one attached hydrogen (secondary N) is 2. The first-order valence-electron chi connectivity index (χ1n) is 13.3. The summed E-state index contributed by atoms with van der Waals surface area (Å²) in [5, 5.41) is 13.2. The monoisotopic (exact) mass is 623 g/mol. The van der Waals surface area contributed by atoms with Crippen molar-refractivity contribution >= 4 is 13.7 Å². The summed E-state index contributed by atoms with van der Waals surface area (Å²) in [6.45, 7) is 4.93. The molecule has 15 heteroatoms. The van der Waals surface area contributed by atoms with Crippen LogP contribution in [0.15, 0.2) is 70.4 Å². The summed E-state index contributed by atoms with van der Waals surface area (Å²) in [5.41, 5.74) is -2.98. The van der Waals surface area contributed by atoms with Gasteiger partial charge < -0.3 is 19.1 Å². The first-order valence-corrected chi connectivity index (χ1v) is 14.8. The predicted molar refractivity (Wildman–Crippen MR) is 151 cm³/mol. The van der Waals surface area contributed by atoms with Gasteiger partial charge in [-0.05, 0) is 63.1 Å². The quantitative estimate of drug-likeness (QED) is 0.213. The number of aromatic nitrogens is 2. The van der Waals surface area contributed by atoms with Crippen LogP contribution in [0.2, 0.25) is 0 Å². The second-order valence-corrected chi connectivity index (χ2v) is 12.1. The number of esters is 1. The second kappa shape index (κ2) is 12.9. The Labute approximate surface area is 245 Å². The van der Waals surface area contributed by atoms with Crippen molar-refractivity contribution in [2.75, 3.05) is 6.61 Å². The van der Waals surface area contributed by atoms with E-state index in [2.05, 4.69) is 5.09 Å². The number of aliphatic hydroxyl groups is 1. The van der Waals surface area contributed by atoms with Gasteiger partial charge in [0.2, 0.25) is 0 Å². The largest absolute Gasteiger partial charge is 0.462 e. The smallest absolute Gasteiger partial charge is 0.459 e. The molecule has 12 nitrogen and oxygen atoms in total. The van der Waals surface area contributed by atoms with E-state index in [4.69, 9.17) is 18.5 Å². The number of benzene rings is 2. The maximum atomic E-state index is 15.6. The Bertz CT molecular complexity index is 1610. The second-order valence-electron chi connectivity index (χ2n) is 10.4. The summed E-state index contributed by atoms with van der Waals surface area (Å²) in [4.78, 5) is 38.1. The van der Waals surface area contributed by atoms with Crippen LogP contribution < -0.4 is 20.9 Å². The predicted octanol–water partition coefficient (Wildman–Crippen LogP) is 3.46. The van der Waals surface area contributed by atoms with Crippen LogP contribution >= 0.6 is 7.75 Å². The van der Waals surface area contributed by atoms with E-state index in [9.17, 15) is 28.4 Å². The molecule has 0 saturated carbocycles. The van der Waals surface area contributed by atoms with E-state index in [1.807, 2.05) is 4.98 Å². The molecule has 0 amide bonds. The minimum absolute atomic E-state index is 0.0429. The number of carbonyl (C=O) groups is 1. The molecule has 0 bridgehead atoms. The van der Waals surface area contributed by atoms with Crippen molar-refractivity contribution in [1.82, 2.24) is 14.6 Å². The summed E-state index contributed by atoms with van der Waals surface area (Å²) in [7, 11) is -4.46. The minimum atomic E-state index is -4.46. The topological polar surface area (TPSA) is 158 Å². The van der Waals surface area contributed by atoms with Crippen molar-refractivity contribution in [3.63, 3.8) is 0 Å². The number of halogens is 2. The molecule has 1 aromatic heterocycles. The van der Waals surface area contributed by atoms with E-state index in [1.54, 1.807) is 38.1 Å². The lowest BCUT2D eigenvalue weighted by Gasteiger charge is -2.25. The van der Waals surface area contributed by atoms with Crippen molar-refractivity contribution < 1.29 is 41.8 Å². The van der Waals surface area contributed by atoms with Gasteiger partial charge in [0, 0.05) is 12.3 Å². The molecular formula is C28H32F2N3O9P. The van der Waals surface area contributed by atoms with Crippen molar-refractivity contribution in [2.24, 2.45) is 0 Å². The van der Waals surface area contributed by atoms with Crippen LogP contribution in [0.25, 0.3) is 11.1 Å². The van der Waals surface area contributed by atoms with E-state index in [0.29, 0.717) is 11.1 Å². The number of rotatable bonds is 11. The molecular weight excluding hydrogens is 591 g/mol. The maximum absolute atomic E-state index is 15.6. The van der Waals surface area contributed by atoms with Crippen LogP contribution in [0.3, 0.4) is 0 Å². The first kappa shape index (κ1) is 32.2. The van der Waals surface area contributed by atoms with Crippen LogP contribution in [0, 0.1) is 5.82 Å². The molecule has 1 saturated heterocycles. The lowest BCUT2D eigenvalue weighted by Crippen LogP contribution is -2.43. The number of alkyl halides is 1. The standard InChI is InChI=1S/C28H32F2N3O9P/c1-16(2)40-25(36)17(3)32-43(38,42-21-10-8-18(9-11-21)19-6-5-7-20(29)14-19)39-15-22-24(35)28(4,30)26(41-22)33-13-12-23(34)31-27(33)37/h5-14,16-17,22,24,26,35H,15H2,1-4H3,(H,32,38)(H,31,34,37)/t17-,22+,24+,26+,28+,43?/m0/s1. The molecule has 2 aromatic carbocycles. The van der Waals surface area contributed by atoms with Crippen LogP contribution in [-0.2, 0) is 23.4 Å².